The van der Waals surface area contributed by atoms with Crippen molar-refractivity contribution in [2.45, 2.75) is 38.7 Å². The molecule has 9 heteroatoms. The molecule has 27 heavy (non-hydrogen) atoms. The number of carbonyl (C=O) groups excluding carboxylic acids is 2. The van der Waals surface area contributed by atoms with Gasteiger partial charge in [-0.3, -0.25) is 4.90 Å². The molecule has 146 valence electrons. The highest BCUT2D eigenvalue weighted by Crippen LogP contribution is 2.42. The first-order valence-corrected chi connectivity index (χ1v) is 8.17. The van der Waals surface area contributed by atoms with Crippen molar-refractivity contribution < 1.29 is 37.3 Å². The van der Waals surface area contributed by atoms with Gasteiger partial charge in [0, 0.05) is 0 Å². The molecule has 1 atom stereocenters. The summed E-state index contributed by atoms with van der Waals surface area (Å²) in [6, 6.07) is 3.28. The molecule has 7 nitrogen and oxygen atoms in total. The Kier molecular flexibility index (Phi) is 4.49. The average molecular weight is 383 g/mol. The van der Waals surface area contributed by atoms with Crippen LogP contribution < -0.4 is 9.47 Å². The van der Waals surface area contributed by atoms with Crippen molar-refractivity contribution in [2.24, 2.45) is 0 Å². The lowest BCUT2D eigenvalue weighted by Crippen LogP contribution is -2.44. The van der Waals surface area contributed by atoms with Gasteiger partial charge in [-0.15, -0.1) is 8.78 Å². The molecule has 0 fully saturated rings. The van der Waals surface area contributed by atoms with Crippen molar-refractivity contribution in [1.29, 1.82) is 0 Å². The van der Waals surface area contributed by atoms with Gasteiger partial charge in [0.1, 0.15) is 5.60 Å². The maximum absolute atomic E-state index is 13.2. The lowest BCUT2D eigenvalue weighted by Gasteiger charge is -2.27. The Morgan fingerprint density at radius 2 is 1.89 bits per heavy atom. The van der Waals surface area contributed by atoms with Crippen molar-refractivity contribution in [3.63, 3.8) is 0 Å². The molecule has 1 unspecified atom stereocenters. The molecule has 2 heterocycles. The third-order valence-electron chi connectivity index (χ3n) is 3.88. The van der Waals surface area contributed by atoms with Gasteiger partial charge in [-0.1, -0.05) is 6.07 Å². The SMILES string of the molecule is COC(=O)C1C=C(c2ccc3c(c2)OC(F)(F)O3)CN1C(=O)OC(C)(C)C. The highest BCUT2D eigenvalue weighted by atomic mass is 19.3. The molecule has 0 N–H and O–H groups in total. The number of esters is 1. The topological polar surface area (TPSA) is 74.3 Å². The van der Waals surface area contributed by atoms with Crippen molar-refractivity contribution >= 4 is 17.6 Å². The number of methoxy groups -OCH3 is 1. The standard InChI is InChI=1S/C18H19F2NO6/c1-17(2,3)27-16(23)21-9-11(7-12(21)15(22)24-4)10-5-6-13-14(8-10)26-18(19,20)25-13/h5-8,12H,9H2,1-4H3. The van der Waals surface area contributed by atoms with Gasteiger partial charge in [0.15, 0.2) is 17.5 Å². The minimum atomic E-state index is -3.72. The zero-order valence-electron chi connectivity index (χ0n) is 15.2. The Balaban J connectivity index is 1.87. The smallest absolute Gasteiger partial charge is 0.467 e. The second-order valence-electron chi connectivity index (χ2n) is 7.10. The summed E-state index contributed by atoms with van der Waals surface area (Å²) in [5.41, 5.74) is 0.332. The van der Waals surface area contributed by atoms with Gasteiger partial charge in [0.2, 0.25) is 0 Å². The zero-order valence-corrected chi connectivity index (χ0v) is 15.2. The molecule has 0 saturated carbocycles. The molecule has 1 amide bonds. The van der Waals surface area contributed by atoms with Crippen molar-refractivity contribution in [1.82, 2.24) is 4.90 Å². The molecule has 2 aliphatic rings. The van der Waals surface area contributed by atoms with E-state index in [1.807, 2.05) is 0 Å². The summed E-state index contributed by atoms with van der Waals surface area (Å²) in [7, 11) is 1.21. The van der Waals surface area contributed by atoms with Gasteiger partial charge in [0.25, 0.3) is 0 Å². The van der Waals surface area contributed by atoms with E-state index in [9.17, 15) is 18.4 Å². The summed E-state index contributed by atoms with van der Waals surface area (Å²) in [4.78, 5) is 25.8. The van der Waals surface area contributed by atoms with Crippen LogP contribution in [0.1, 0.15) is 26.3 Å². The lowest BCUT2D eigenvalue weighted by atomic mass is 10.1. The van der Waals surface area contributed by atoms with Gasteiger partial charge in [0.05, 0.1) is 13.7 Å². The summed E-state index contributed by atoms with van der Waals surface area (Å²) in [6.45, 7) is 5.17. The Hall–Kier alpha value is -2.84. The first kappa shape index (κ1) is 18.9. The van der Waals surface area contributed by atoms with Crippen LogP contribution >= 0.6 is 0 Å². The highest BCUT2D eigenvalue weighted by Gasteiger charge is 2.44. The fraction of sp³-hybridized carbons (Fsp3) is 0.444. The van der Waals surface area contributed by atoms with Gasteiger partial charge in [-0.25, -0.2) is 9.59 Å². The van der Waals surface area contributed by atoms with Crippen LogP contribution in [-0.4, -0.2) is 48.6 Å². The number of benzene rings is 1. The molecule has 1 aromatic carbocycles. The minimum absolute atomic E-state index is 0.0463. The van der Waals surface area contributed by atoms with Gasteiger partial charge in [-0.05, 0) is 50.1 Å². The minimum Gasteiger partial charge on any atom is -0.467 e. The number of carbonyl (C=O) groups is 2. The fourth-order valence-corrected chi connectivity index (χ4v) is 2.77. The first-order valence-electron chi connectivity index (χ1n) is 8.17. The fourth-order valence-electron chi connectivity index (χ4n) is 2.77. The van der Waals surface area contributed by atoms with Crippen molar-refractivity contribution in [3.05, 3.63) is 29.8 Å². The molecule has 0 radical (unpaired) electrons. The van der Waals surface area contributed by atoms with Gasteiger partial charge < -0.3 is 18.9 Å². The molecule has 3 rings (SSSR count). The van der Waals surface area contributed by atoms with Crippen LogP contribution in [-0.2, 0) is 14.3 Å². The van der Waals surface area contributed by atoms with E-state index >= 15 is 0 Å². The molecule has 0 spiro atoms. The average Bonchev–Trinajstić information content (AvgIpc) is 3.11. The van der Waals surface area contributed by atoms with E-state index in [0.717, 1.165) is 0 Å². The maximum Gasteiger partial charge on any atom is 0.586 e. The van der Waals surface area contributed by atoms with E-state index in [1.54, 1.807) is 26.8 Å². The summed E-state index contributed by atoms with van der Waals surface area (Å²) in [5, 5.41) is 0. The van der Waals surface area contributed by atoms with Crippen molar-refractivity contribution in [2.75, 3.05) is 13.7 Å². The molecular weight excluding hydrogens is 364 g/mol. The molecule has 0 aliphatic carbocycles. The number of alkyl halides is 2. The zero-order chi connectivity index (χ0) is 20.0. The summed E-state index contributed by atoms with van der Waals surface area (Å²) >= 11 is 0. The van der Waals surface area contributed by atoms with Crippen LogP contribution in [0.4, 0.5) is 13.6 Å². The Bertz CT molecular complexity index is 815. The van der Waals surface area contributed by atoms with Gasteiger partial charge in [-0.2, -0.15) is 0 Å². The third-order valence-corrected chi connectivity index (χ3v) is 3.88. The Morgan fingerprint density at radius 1 is 1.22 bits per heavy atom. The Morgan fingerprint density at radius 3 is 2.52 bits per heavy atom. The van der Waals surface area contributed by atoms with Crippen LogP contribution in [0.15, 0.2) is 24.3 Å². The van der Waals surface area contributed by atoms with Crippen LogP contribution in [0.2, 0.25) is 0 Å². The number of hydrogen-bond acceptors (Lipinski definition) is 6. The second-order valence-corrected chi connectivity index (χ2v) is 7.10. The van der Waals surface area contributed by atoms with Gasteiger partial charge >= 0.3 is 18.4 Å². The second kappa shape index (κ2) is 6.40. The lowest BCUT2D eigenvalue weighted by molar-refractivity contribution is -0.286. The van der Waals surface area contributed by atoms with E-state index in [-0.39, 0.29) is 18.0 Å². The number of ether oxygens (including phenoxy) is 4. The number of halogens is 2. The summed E-state index contributed by atoms with van der Waals surface area (Å²) in [6.07, 6.45) is -2.87. The van der Waals surface area contributed by atoms with E-state index < -0.39 is 30.0 Å². The predicted molar refractivity (Wildman–Crippen MR) is 89.4 cm³/mol. The highest BCUT2D eigenvalue weighted by molar-refractivity contribution is 5.90. The quantitative estimate of drug-likeness (QED) is 0.731. The first-order chi connectivity index (χ1) is 12.5. The molecule has 1 aromatic rings. The number of rotatable bonds is 2. The van der Waals surface area contributed by atoms with Crippen LogP contribution in [0.25, 0.3) is 5.57 Å². The van der Waals surface area contributed by atoms with Crippen molar-refractivity contribution in [3.8, 4) is 11.5 Å². The normalized spacial score (nSPS) is 20.3. The van der Waals surface area contributed by atoms with Crippen LogP contribution in [0.3, 0.4) is 0 Å². The van der Waals surface area contributed by atoms with Crippen LogP contribution in [0, 0.1) is 0 Å². The predicted octanol–water partition coefficient (Wildman–Crippen LogP) is 3.18. The van der Waals surface area contributed by atoms with Crippen LogP contribution in [0.5, 0.6) is 11.5 Å². The molecule has 0 aromatic heterocycles. The van der Waals surface area contributed by atoms with E-state index in [1.165, 1.54) is 30.2 Å². The third kappa shape index (κ3) is 3.96. The molecule has 2 aliphatic heterocycles. The summed E-state index contributed by atoms with van der Waals surface area (Å²) < 4.78 is 45.3. The van der Waals surface area contributed by atoms with E-state index in [2.05, 4.69) is 9.47 Å². The number of fused-ring (bicyclic) bond motifs is 1. The molecular formula is C18H19F2NO6. The number of nitrogens with zero attached hydrogens (tertiary/aromatic N) is 1. The summed E-state index contributed by atoms with van der Waals surface area (Å²) in [5.74, 6) is -0.845. The monoisotopic (exact) mass is 383 g/mol. The molecule has 0 saturated heterocycles. The number of hydrogen-bond donors (Lipinski definition) is 0. The molecule has 0 bridgehead atoms. The van der Waals surface area contributed by atoms with E-state index in [0.29, 0.717) is 11.1 Å². The maximum atomic E-state index is 13.2. The number of amides is 1. The van der Waals surface area contributed by atoms with E-state index in [4.69, 9.17) is 9.47 Å². The largest absolute Gasteiger partial charge is 0.586 e. The Labute approximate surface area is 154 Å².